The van der Waals surface area contributed by atoms with Gasteiger partial charge in [-0.3, -0.25) is 4.79 Å². The van der Waals surface area contributed by atoms with Crippen molar-refractivity contribution in [3.8, 4) is 6.07 Å². The minimum atomic E-state index is -0.512. The number of ketones is 1. The second-order valence-electron chi connectivity index (χ2n) is 5.64. The van der Waals surface area contributed by atoms with Gasteiger partial charge in [0.05, 0.1) is 30.3 Å². The Morgan fingerprint density at radius 2 is 2.05 bits per heavy atom. The maximum Gasteiger partial charge on any atom is 0.169 e. The standard InChI is InChI=1S/C16H16FNO2/c17-15-7-10(5-6-18)1-4-14(15)16(19)11-8-12-2-3-13(9-11)20-12/h1,4,7,11-13H,2-3,5,8-9H2. The Labute approximate surface area is 117 Å². The smallest absolute Gasteiger partial charge is 0.169 e. The summed E-state index contributed by atoms with van der Waals surface area (Å²) in [5, 5.41) is 8.60. The number of hydrogen-bond acceptors (Lipinski definition) is 3. The molecule has 0 aliphatic carbocycles. The SMILES string of the molecule is N#CCc1ccc(C(=O)C2CC3CCC(C2)O3)c(F)c1. The van der Waals surface area contributed by atoms with Gasteiger partial charge in [0.2, 0.25) is 0 Å². The van der Waals surface area contributed by atoms with Crippen molar-refractivity contribution in [3.05, 3.63) is 35.1 Å². The molecule has 0 spiro atoms. The number of nitrogens with zero attached hydrogens (tertiary/aromatic N) is 1. The van der Waals surface area contributed by atoms with Crippen molar-refractivity contribution < 1.29 is 13.9 Å². The monoisotopic (exact) mass is 273 g/mol. The normalized spacial score (nSPS) is 28.1. The predicted molar refractivity (Wildman–Crippen MR) is 70.7 cm³/mol. The Balaban J connectivity index is 1.79. The van der Waals surface area contributed by atoms with Gasteiger partial charge < -0.3 is 4.74 Å². The van der Waals surface area contributed by atoms with Gasteiger partial charge in [0.25, 0.3) is 0 Å². The molecule has 4 heteroatoms. The Bertz CT molecular complexity index is 566. The van der Waals surface area contributed by atoms with E-state index in [0.717, 1.165) is 12.8 Å². The molecule has 3 rings (SSSR count). The maximum absolute atomic E-state index is 14.0. The molecule has 1 aromatic carbocycles. The molecular weight excluding hydrogens is 257 g/mol. The van der Waals surface area contributed by atoms with Crippen LogP contribution in [-0.2, 0) is 11.2 Å². The molecule has 104 valence electrons. The van der Waals surface area contributed by atoms with Crippen molar-refractivity contribution in [1.29, 1.82) is 5.26 Å². The van der Waals surface area contributed by atoms with Crippen molar-refractivity contribution in [3.63, 3.8) is 0 Å². The Kier molecular flexibility index (Phi) is 3.54. The largest absolute Gasteiger partial charge is 0.375 e. The zero-order valence-corrected chi connectivity index (χ0v) is 11.1. The first kappa shape index (κ1) is 13.3. The highest BCUT2D eigenvalue weighted by Gasteiger charge is 2.38. The number of Topliss-reactive ketones (excluding diaryl/α,β-unsaturated/α-hetero) is 1. The molecule has 2 saturated heterocycles. The highest BCUT2D eigenvalue weighted by atomic mass is 19.1. The quantitative estimate of drug-likeness (QED) is 0.795. The van der Waals surface area contributed by atoms with Gasteiger partial charge in [-0.15, -0.1) is 0 Å². The van der Waals surface area contributed by atoms with Crippen LogP contribution in [0.2, 0.25) is 0 Å². The van der Waals surface area contributed by atoms with E-state index < -0.39 is 5.82 Å². The molecule has 2 aliphatic heterocycles. The summed E-state index contributed by atoms with van der Waals surface area (Å²) in [6.45, 7) is 0. The first-order valence-electron chi connectivity index (χ1n) is 7.02. The van der Waals surface area contributed by atoms with Crippen LogP contribution in [0.5, 0.6) is 0 Å². The molecule has 0 aromatic heterocycles. The number of carbonyl (C=O) groups is 1. The van der Waals surface area contributed by atoms with E-state index in [1.165, 1.54) is 12.1 Å². The number of nitriles is 1. The van der Waals surface area contributed by atoms with Crippen molar-refractivity contribution in [2.75, 3.05) is 0 Å². The lowest BCUT2D eigenvalue weighted by atomic mass is 9.87. The van der Waals surface area contributed by atoms with E-state index >= 15 is 0 Å². The molecule has 2 unspecified atom stereocenters. The Morgan fingerprint density at radius 3 is 2.65 bits per heavy atom. The first-order valence-corrected chi connectivity index (χ1v) is 7.02. The first-order chi connectivity index (χ1) is 9.67. The molecule has 2 fully saturated rings. The Morgan fingerprint density at radius 1 is 1.35 bits per heavy atom. The van der Waals surface area contributed by atoms with Gasteiger partial charge in [-0.2, -0.15) is 5.26 Å². The zero-order valence-electron chi connectivity index (χ0n) is 11.1. The van der Waals surface area contributed by atoms with Crippen LogP contribution in [0.1, 0.15) is 41.6 Å². The van der Waals surface area contributed by atoms with E-state index in [1.807, 2.05) is 6.07 Å². The summed E-state index contributed by atoms with van der Waals surface area (Å²) in [6.07, 6.45) is 3.93. The molecule has 0 saturated carbocycles. The number of ether oxygens (including phenoxy) is 1. The maximum atomic E-state index is 14.0. The van der Waals surface area contributed by atoms with Crippen molar-refractivity contribution in [1.82, 2.24) is 0 Å². The number of hydrogen-bond donors (Lipinski definition) is 0. The number of fused-ring (bicyclic) bond motifs is 2. The summed E-state index contributed by atoms with van der Waals surface area (Å²) in [7, 11) is 0. The molecule has 3 nitrogen and oxygen atoms in total. The molecule has 0 radical (unpaired) electrons. The fourth-order valence-corrected chi connectivity index (χ4v) is 3.25. The van der Waals surface area contributed by atoms with E-state index in [9.17, 15) is 9.18 Å². The van der Waals surface area contributed by atoms with Crippen LogP contribution in [-0.4, -0.2) is 18.0 Å². The van der Waals surface area contributed by atoms with Crippen LogP contribution >= 0.6 is 0 Å². The molecule has 20 heavy (non-hydrogen) atoms. The molecule has 1 aromatic rings. The number of benzene rings is 1. The van der Waals surface area contributed by atoms with Gasteiger partial charge in [-0.05, 0) is 43.4 Å². The van der Waals surface area contributed by atoms with E-state index in [4.69, 9.17) is 10.00 Å². The van der Waals surface area contributed by atoms with Crippen molar-refractivity contribution in [2.45, 2.75) is 44.3 Å². The van der Waals surface area contributed by atoms with Crippen molar-refractivity contribution >= 4 is 5.78 Å². The molecule has 2 aliphatic rings. The van der Waals surface area contributed by atoms with Crippen LogP contribution < -0.4 is 0 Å². The van der Waals surface area contributed by atoms with Crippen LogP contribution in [0.25, 0.3) is 0 Å². The van der Waals surface area contributed by atoms with Gasteiger partial charge in [0.15, 0.2) is 5.78 Å². The van der Waals surface area contributed by atoms with E-state index in [-0.39, 0.29) is 35.9 Å². The van der Waals surface area contributed by atoms with E-state index in [0.29, 0.717) is 18.4 Å². The predicted octanol–water partition coefficient (Wildman–Crippen LogP) is 3.03. The lowest BCUT2D eigenvalue weighted by Crippen LogP contribution is -2.30. The minimum Gasteiger partial charge on any atom is -0.375 e. The van der Waals surface area contributed by atoms with Crippen molar-refractivity contribution in [2.24, 2.45) is 5.92 Å². The summed E-state index contributed by atoms with van der Waals surface area (Å²) in [5.74, 6) is -0.759. The number of carbonyl (C=O) groups excluding carboxylic acids is 1. The third-order valence-corrected chi connectivity index (χ3v) is 4.24. The lowest BCUT2D eigenvalue weighted by molar-refractivity contribution is -0.0149. The van der Waals surface area contributed by atoms with Gasteiger partial charge in [-0.1, -0.05) is 6.07 Å². The molecule has 0 amide bonds. The second-order valence-corrected chi connectivity index (χ2v) is 5.64. The average molecular weight is 273 g/mol. The lowest BCUT2D eigenvalue weighted by Gasteiger charge is -2.27. The Hall–Kier alpha value is -1.73. The third kappa shape index (κ3) is 2.46. The molecular formula is C16H16FNO2. The summed E-state index contributed by atoms with van der Waals surface area (Å²) in [4.78, 5) is 12.4. The fraction of sp³-hybridized carbons (Fsp3) is 0.500. The molecule has 0 N–H and O–H groups in total. The van der Waals surface area contributed by atoms with Crippen LogP contribution in [0.3, 0.4) is 0 Å². The third-order valence-electron chi connectivity index (χ3n) is 4.24. The summed E-state index contributed by atoms with van der Waals surface area (Å²) in [6, 6.07) is 6.45. The van der Waals surface area contributed by atoms with Gasteiger partial charge in [0, 0.05) is 5.92 Å². The van der Waals surface area contributed by atoms with Crippen LogP contribution in [0.15, 0.2) is 18.2 Å². The second kappa shape index (κ2) is 5.34. The highest BCUT2D eigenvalue weighted by Crippen LogP contribution is 2.37. The number of halogens is 1. The van der Waals surface area contributed by atoms with Crippen LogP contribution in [0.4, 0.5) is 4.39 Å². The van der Waals surface area contributed by atoms with Gasteiger partial charge in [-0.25, -0.2) is 4.39 Å². The van der Waals surface area contributed by atoms with Gasteiger partial charge >= 0.3 is 0 Å². The summed E-state index contributed by atoms with van der Waals surface area (Å²) < 4.78 is 19.7. The fourth-order valence-electron chi connectivity index (χ4n) is 3.25. The topological polar surface area (TPSA) is 50.1 Å². The molecule has 2 atom stereocenters. The van der Waals surface area contributed by atoms with E-state index in [1.54, 1.807) is 6.07 Å². The molecule has 2 heterocycles. The van der Waals surface area contributed by atoms with E-state index in [2.05, 4.69) is 0 Å². The minimum absolute atomic E-state index is 0.119. The molecule has 2 bridgehead atoms. The zero-order chi connectivity index (χ0) is 14.1. The number of rotatable bonds is 3. The average Bonchev–Trinajstić information content (AvgIpc) is 2.77. The summed E-state index contributed by atoms with van der Waals surface area (Å²) >= 11 is 0. The highest BCUT2D eigenvalue weighted by molar-refractivity contribution is 5.98. The van der Waals surface area contributed by atoms with Gasteiger partial charge in [0.1, 0.15) is 5.82 Å². The van der Waals surface area contributed by atoms with Crippen LogP contribution in [0, 0.1) is 23.1 Å². The summed E-state index contributed by atoms with van der Waals surface area (Å²) in [5.41, 5.74) is 0.756.